The molecule has 4 atom stereocenters. The Morgan fingerprint density at radius 3 is 1.36 bits per heavy atom. The maximum atomic E-state index is 10.2. The number of thiol groups is 1. The van der Waals surface area contributed by atoms with Gasteiger partial charge in [0.25, 0.3) is 0 Å². The molecule has 0 fully saturated rings. The van der Waals surface area contributed by atoms with E-state index in [1.807, 2.05) is 27.7 Å². The van der Waals surface area contributed by atoms with Crippen LogP contribution in [0.25, 0.3) is 0 Å². The molecule has 4 unspecified atom stereocenters. The van der Waals surface area contributed by atoms with E-state index < -0.39 is 36.0 Å². The highest BCUT2D eigenvalue weighted by Gasteiger charge is 2.17. The Balaban J connectivity index is -0.000000293. The van der Waals surface area contributed by atoms with Crippen LogP contribution in [0.2, 0.25) is 0 Å². The van der Waals surface area contributed by atoms with Gasteiger partial charge in [0.2, 0.25) is 0 Å². The Bertz CT molecular complexity index is 395. The average Bonchev–Trinajstić information content (AvgIpc) is 2.52. The van der Waals surface area contributed by atoms with Crippen molar-refractivity contribution in [1.29, 1.82) is 0 Å². The summed E-state index contributed by atoms with van der Waals surface area (Å²) in [6, 6.07) is -2.21. The van der Waals surface area contributed by atoms with Crippen molar-refractivity contribution in [1.82, 2.24) is 0 Å². The molecule has 0 aliphatic rings. The van der Waals surface area contributed by atoms with Gasteiger partial charge >= 0.3 is 17.9 Å². The van der Waals surface area contributed by atoms with Crippen LogP contribution in [0.3, 0.4) is 0 Å². The first-order valence-corrected chi connectivity index (χ1v) is 8.50. The highest BCUT2D eigenvalue weighted by atomic mass is 32.1. The fourth-order valence-corrected chi connectivity index (χ4v) is 1.34. The van der Waals surface area contributed by atoms with Crippen molar-refractivity contribution in [3.63, 3.8) is 0 Å². The molecule has 0 saturated heterocycles. The normalized spacial score (nSPS) is 14.8. The van der Waals surface area contributed by atoms with Gasteiger partial charge in [0, 0.05) is 5.75 Å². The van der Waals surface area contributed by atoms with E-state index in [0.29, 0.717) is 12.3 Å². The third-order valence-electron chi connectivity index (χ3n) is 3.10. The highest BCUT2D eigenvalue weighted by molar-refractivity contribution is 7.80. The van der Waals surface area contributed by atoms with Gasteiger partial charge in [-0.25, -0.2) is 0 Å². The van der Waals surface area contributed by atoms with Crippen LogP contribution in [-0.2, 0) is 14.4 Å². The number of carbonyl (C=O) groups is 3. The summed E-state index contributed by atoms with van der Waals surface area (Å²) >= 11 is 3.65. The average molecular weight is 384 g/mol. The van der Waals surface area contributed by atoms with Crippen LogP contribution in [0.5, 0.6) is 0 Å². The first kappa shape index (κ1) is 28.4. The molecule has 0 aromatic carbocycles. The number of carboxylic acid groups (broad SMARTS) is 3. The summed E-state index contributed by atoms with van der Waals surface area (Å²) in [6.45, 7) is 7.65. The SMILES string of the molecule is CC(C)CC(N)C(=O)O.CCC(C)C(N)C(=O)O.NC(CS)C(=O)O. The van der Waals surface area contributed by atoms with Crippen LogP contribution in [0.4, 0.5) is 0 Å². The van der Waals surface area contributed by atoms with E-state index in [2.05, 4.69) is 12.6 Å². The number of aliphatic carboxylic acids is 3. The Morgan fingerprint density at radius 2 is 1.28 bits per heavy atom. The molecule has 0 heterocycles. The van der Waals surface area contributed by atoms with Gasteiger partial charge in [-0.15, -0.1) is 0 Å². The lowest BCUT2D eigenvalue weighted by atomic mass is 10.0. The molecule has 9 nitrogen and oxygen atoms in total. The molecule has 0 aliphatic carbocycles. The van der Waals surface area contributed by atoms with Gasteiger partial charge in [0.15, 0.2) is 0 Å². The quantitative estimate of drug-likeness (QED) is 0.287. The van der Waals surface area contributed by atoms with Crippen molar-refractivity contribution in [2.75, 3.05) is 5.75 Å². The van der Waals surface area contributed by atoms with Gasteiger partial charge in [-0.2, -0.15) is 12.6 Å². The molecule has 0 aromatic rings. The molecule has 0 spiro atoms. The van der Waals surface area contributed by atoms with Crippen molar-refractivity contribution in [2.24, 2.45) is 29.0 Å². The first-order valence-electron chi connectivity index (χ1n) is 7.87. The van der Waals surface area contributed by atoms with Gasteiger partial charge in [-0.1, -0.05) is 34.1 Å². The molecule has 0 bridgehead atoms. The lowest BCUT2D eigenvalue weighted by Crippen LogP contribution is -2.36. The Kier molecular flexibility index (Phi) is 18.3. The maximum Gasteiger partial charge on any atom is 0.321 e. The molecule has 0 aliphatic heterocycles. The van der Waals surface area contributed by atoms with E-state index >= 15 is 0 Å². The molecular formula is C15H33N3O6S. The second-order valence-corrected chi connectivity index (χ2v) is 6.32. The Hall–Kier alpha value is -1.36. The summed E-state index contributed by atoms with van der Waals surface area (Å²) < 4.78 is 0. The molecule has 150 valence electrons. The summed E-state index contributed by atoms with van der Waals surface area (Å²) in [5.41, 5.74) is 15.4. The van der Waals surface area contributed by atoms with Gasteiger partial charge < -0.3 is 32.5 Å². The lowest BCUT2D eigenvalue weighted by molar-refractivity contribution is -0.140. The highest BCUT2D eigenvalue weighted by Crippen LogP contribution is 2.04. The van der Waals surface area contributed by atoms with Gasteiger partial charge in [-0.3, -0.25) is 14.4 Å². The Labute approximate surface area is 154 Å². The van der Waals surface area contributed by atoms with E-state index in [1.165, 1.54) is 0 Å². The molecular weight excluding hydrogens is 350 g/mol. The van der Waals surface area contributed by atoms with Crippen molar-refractivity contribution in [3.05, 3.63) is 0 Å². The summed E-state index contributed by atoms with van der Waals surface area (Å²) in [5.74, 6) is -2.21. The van der Waals surface area contributed by atoms with Gasteiger partial charge in [-0.05, 0) is 18.3 Å². The molecule has 0 rings (SSSR count). The van der Waals surface area contributed by atoms with Crippen LogP contribution < -0.4 is 17.2 Å². The first-order chi connectivity index (χ1) is 11.3. The molecule has 10 heteroatoms. The second kappa shape index (κ2) is 16.1. The largest absolute Gasteiger partial charge is 0.480 e. The zero-order chi connectivity index (χ0) is 20.7. The predicted molar refractivity (Wildman–Crippen MR) is 99.6 cm³/mol. The standard InChI is InChI=1S/2C6H13NO2.C3H7NO2S/c1-4(2)3-5(7)6(8)9;1-3-4(2)5(7)6(8)9;4-2(1-7)3(5)6/h2*4-5H,3,7H2,1-2H3,(H,8,9);2,7H,1,4H2,(H,5,6). The van der Waals surface area contributed by atoms with Crippen LogP contribution >= 0.6 is 12.6 Å². The minimum absolute atomic E-state index is 0.0718. The molecule has 0 aromatic heterocycles. The number of rotatable bonds is 8. The molecule has 0 amide bonds. The summed E-state index contributed by atoms with van der Waals surface area (Å²) in [6.07, 6.45) is 1.36. The van der Waals surface area contributed by atoms with Crippen LogP contribution in [0.15, 0.2) is 0 Å². The fourth-order valence-electron chi connectivity index (χ4n) is 1.18. The molecule has 25 heavy (non-hydrogen) atoms. The minimum Gasteiger partial charge on any atom is -0.480 e. The van der Waals surface area contributed by atoms with E-state index in [0.717, 1.165) is 6.42 Å². The number of hydrogen-bond acceptors (Lipinski definition) is 7. The van der Waals surface area contributed by atoms with Crippen LogP contribution in [-0.4, -0.2) is 57.1 Å². The Morgan fingerprint density at radius 1 is 0.880 bits per heavy atom. The monoisotopic (exact) mass is 383 g/mol. The minimum atomic E-state index is -1.00. The van der Waals surface area contributed by atoms with E-state index in [1.54, 1.807) is 0 Å². The predicted octanol–water partition coefficient (Wildman–Crippen LogP) is 0.217. The maximum absolute atomic E-state index is 10.2. The van der Waals surface area contributed by atoms with E-state index in [-0.39, 0.29) is 11.7 Å². The fraction of sp³-hybridized carbons (Fsp3) is 0.800. The van der Waals surface area contributed by atoms with Crippen LogP contribution in [0, 0.1) is 11.8 Å². The summed E-state index contributed by atoms with van der Waals surface area (Å²) in [4.78, 5) is 30.0. The molecule has 0 radical (unpaired) electrons. The third-order valence-corrected chi connectivity index (χ3v) is 3.49. The van der Waals surface area contributed by atoms with Crippen LogP contribution in [0.1, 0.15) is 40.5 Å². The molecule has 9 N–H and O–H groups in total. The van der Waals surface area contributed by atoms with E-state index in [9.17, 15) is 14.4 Å². The van der Waals surface area contributed by atoms with Gasteiger partial charge in [0.1, 0.15) is 18.1 Å². The third kappa shape index (κ3) is 18.8. The van der Waals surface area contributed by atoms with Crippen molar-refractivity contribution >= 4 is 30.5 Å². The van der Waals surface area contributed by atoms with Crippen molar-refractivity contribution in [3.8, 4) is 0 Å². The topological polar surface area (TPSA) is 190 Å². The van der Waals surface area contributed by atoms with Crippen molar-refractivity contribution < 1.29 is 29.7 Å². The molecule has 0 saturated carbocycles. The summed E-state index contributed by atoms with van der Waals surface area (Å²) in [5, 5.41) is 24.7. The number of carboxylic acids is 3. The number of nitrogens with two attached hydrogens (primary N) is 3. The lowest BCUT2D eigenvalue weighted by Gasteiger charge is -2.11. The van der Waals surface area contributed by atoms with Crippen molar-refractivity contribution in [2.45, 2.75) is 58.7 Å². The smallest absolute Gasteiger partial charge is 0.321 e. The summed E-state index contributed by atoms with van der Waals surface area (Å²) in [7, 11) is 0. The van der Waals surface area contributed by atoms with E-state index in [4.69, 9.17) is 32.5 Å². The van der Waals surface area contributed by atoms with Gasteiger partial charge in [0.05, 0.1) is 0 Å². The zero-order valence-electron chi connectivity index (χ0n) is 15.3. The zero-order valence-corrected chi connectivity index (χ0v) is 16.1. The second-order valence-electron chi connectivity index (χ2n) is 5.95. The number of hydrogen-bond donors (Lipinski definition) is 7.